The third-order valence-electron chi connectivity index (χ3n) is 7.99. The van der Waals surface area contributed by atoms with E-state index in [0.717, 1.165) is 0 Å². The summed E-state index contributed by atoms with van der Waals surface area (Å²) < 4.78 is 0. The molecule has 0 atom stereocenters. The summed E-state index contributed by atoms with van der Waals surface area (Å²) in [5.41, 5.74) is 1.43. The first-order chi connectivity index (χ1) is 26.8. The van der Waals surface area contributed by atoms with E-state index >= 15 is 0 Å². The molecule has 268 valence electrons. The van der Waals surface area contributed by atoms with Gasteiger partial charge >= 0.3 is 0 Å². The first-order valence-electron chi connectivity index (χ1n) is 17.5. The Morgan fingerprint density at radius 2 is 0.527 bits per heavy atom. The number of hydrogen-bond donors (Lipinski definition) is 0. The van der Waals surface area contributed by atoms with E-state index < -0.39 is 15.8 Å². The summed E-state index contributed by atoms with van der Waals surface area (Å²) in [6.45, 7) is 0. The molecule has 0 N–H and O–H groups in total. The van der Waals surface area contributed by atoms with Gasteiger partial charge in [-0.1, -0.05) is 121 Å². The number of rotatable bonds is 6. The van der Waals surface area contributed by atoms with Crippen molar-refractivity contribution in [3.8, 4) is 11.8 Å². The number of nitrogens with zero attached hydrogens (tertiary/aromatic N) is 2. The Morgan fingerprint density at radius 3 is 0.673 bits per heavy atom. The maximum absolute atomic E-state index is 6.65. The molecule has 0 fully saturated rings. The van der Waals surface area contributed by atoms with Crippen LogP contribution in [-0.4, -0.2) is 9.97 Å². The fourth-order valence-corrected chi connectivity index (χ4v) is 10.7. The van der Waals surface area contributed by atoms with Crippen LogP contribution in [0.15, 0.2) is 231 Å². The number of pyridine rings is 2. The zero-order chi connectivity index (χ0) is 37.5. The summed E-state index contributed by atoms with van der Waals surface area (Å²) in [6, 6.07) is 72.1. The van der Waals surface area contributed by atoms with Crippen molar-refractivity contribution in [3.05, 3.63) is 255 Å². The van der Waals surface area contributed by atoms with Gasteiger partial charge in [-0.05, 0) is 110 Å². The van der Waals surface area contributed by atoms with Gasteiger partial charge in [0, 0.05) is 57.0 Å². The van der Waals surface area contributed by atoms with Crippen LogP contribution in [0.1, 0.15) is 11.1 Å². The van der Waals surface area contributed by atoms with Crippen molar-refractivity contribution < 1.29 is 21.1 Å². The van der Waals surface area contributed by atoms with Gasteiger partial charge in [-0.25, -0.2) is 0 Å². The SMILES string of the molecule is [C]#Cc1cccnc1.[C]#Cc1cccnc1.[Pt].c1ccc([PH+](c2ccccc2)c2ccccc2)cc1.c1ccc([PH+](c2ccccc2)c2ccccc2)cc1. The van der Waals surface area contributed by atoms with Gasteiger partial charge < -0.3 is 0 Å². The van der Waals surface area contributed by atoms with E-state index in [1.807, 2.05) is 0 Å². The minimum atomic E-state index is -0.877. The van der Waals surface area contributed by atoms with Crippen LogP contribution >= 0.6 is 15.8 Å². The first kappa shape index (κ1) is 42.0. The second-order valence-electron chi connectivity index (χ2n) is 11.7. The van der Waals surface area contributed by atoms with Crippen LogP contribution < -0.4 is 31.8 Å². The second-order valence-corrected chi connectivity index (χ2v) is 16.6. The third kappa shape index (κ3) is 13.9. The molecule has 6 aromatic carbocycles. The predicted molar refractivity (Wildman–Crippen MR) is 234 cm³/mol. The zero-order valence-corrected chi connectivity index (χ0v) is 34.4. The smallest absolute Gasteiger partial charge is 0.102 e. The monoisotopic (exact) mass is 925 g/mol. The van der Waals surface area contributed by atoms with Gasteiger partial charge in [-0.2, -0.15) is 0 Å². The molecule has 0 spiro atoms. The Hall–Kier alpha value is -5.71. The van der Waals surface area contributed by atoms with E-state index in [0.29, 0.717) is 11.1 Å². The van der Waals surface area contributed by atoms with Gasteiger partial charge in [0.1, 0.15) is 31.8 Å². The zero-order valence-electron chi connectivity index (χ0n) is 30.1. The van der Waals surface area contributed by atoms with Crippen molar-refractivity contribution in [2.45, 2.75) is 0 Å². The maximum Gasteiger partial charge on any atom is 0.102 e. The molecule has 2 radical (unpaired) electrons. The Morgan fingerprint density at radius 1 is 0.309 bits per heavy atom. The van der Waals surface area contributed by atoms with Crippen molar-refractivity contribution in [3.63, 3.8) is 0 Å². The third-order valence-corrected chi connectivity index (χ3v) is 13.5. The van der Waals surface area contributed by atoms with Gasteiger partial charge in [-0.15, -0.1) is 0 Å². The van der Waals surface area contributed by atoms with E-state index in [1.165, 1.54) is 31.8 Å². The topological polar surface area (TPSA) is 25.8 Å². The molecule has 0 saturated heterocycles. The van der Waals surface area contributed by atoms with Crippen LogP contribution in [0.4, 0.5) is 0 Å². The molecule has 2 nitrogen and oxygen atoms in total. The van der Waals surface area contributed by atoms with Crippen LogP contribution in [0.5, 0.6) is 0 Å². The molecular weight excluding hydrogens is 886 g/mol. The molecule has 0 aliphatic rings. The van der Waals surface area contributed by atoms with Crippen LogP contribution in [0.3, 0.4) is 0 Å². The molecule has 8 aromatic rings. The Labute approximate surface area is 343 Å². The van der Waals surface area contributed by atoms with Crippen molar-refractivity contribution in [2.24, 2.45) is 0 Å². The van der Waals surface area contributed by atoms with Gasteiger partial charge in [0.05, 0.1) is 15.8 Å². The average Bonchev–Trinajstić information content (AvgIpc) is 3.27. The van der Waals surface area contributed by atoms with Gasteiger partial charge in [0.25, 0.3) is 0 Å². The molecule has 2 aromatic heterocycles. The van der Waals surface area contributed by atoms with Crippen molar-refractivity contribution in [1.82, 2.24) is 9.97 Å². The average molecular weight is 926 g/mol. The molecule has 8 rings (SSSR count). The summed E-state index contributed by atoms with van der Waals surface area (Å²) in [4.78, 5) is 7.55. The normalized spacial score (nSPS) is 9.60. The number of benzene rings is 6. The van der Waals surface area contributed by atoms with E-state index in [2.05, 4.69) is 204 Å². The van der Waals surface area contributed by atoms with E-state index in [-0.39, 0.29) is 21.1 Å². The molecule has 0 aliphatic heterocycles. The molecular formula is C50H40N2P2Pt+2. The van der Waals surface area contributed by atoms with E-state index in [4.69, 9.17) is 12.8 Å². The maximum atomic E-state index is 6.65. The molecule has 0 saturated carbocycles. The van der Waals surface area contributed by atoms with Crippen LogP contribution in [-0.2, 0) is 21.1 Å². The fraction of sp³-hybridized carbons (Fsp3) is 0. The predicted octanol–water partition coefficient (Wildman–Crippen LogP) is 8.39. The molecule has 55 heavy (non-hydrogen) atoms. The van der Waals surface area contributed by atoms with E-state index in [1.54, 1.807) is 49.1 Å². The summed E-state index contributed by atoms with van der Waals surface area (Å²) in [5.74, 6) is 4.43. The van der Waals surface area contributed by atoms with Crippen LogP contribution in [0.2, 0.25) is 0 Å². The van der Waals surface area contributed by atoms with Gasteiger partial charge in [0.15, 0.2) is 0 Å². The van der Waals surface area contributed by atoms with Crippen molar-refractivity contribution >= 4 is 47.7 Å². The Bertz CT molecular complexity index is 1910. The summed E-state index contributed by atoms with van der Waals surface area (Å²) in [6.07, 6.45) is 19.8. The second kappa shape index (κ2) is 24.6. The standard InChI is InChI=1S/2C18H15P.2C7H4N.Pt/c2*1-4-10-16(11-5-1)19(17-12-6-2-7-13-17)18-14-8-3-9-15-18;2*1-2-7-4-3-5-8-6-7;/h2*1-15H;2*3-6H;/p+2. The van der Waals surface area contributed by atoms with Gasteiger partial charge in [0.2, 0.25) is 0 Å². The van der Waals surface area contributed by atoms with Crippen LogP contribution in [0.25, 0.3) is 0 Å². The molecule has 0 bridgehead atoms. The summed E-state index contributed by atoms with van der Waals surface area (Å²) in [5, 5.41) is 8.61. The first-order valence-corrected chi connectivity index (χ1v) is 20.5. The van der Waals surface area contributed by atoms with Crippen molar-refractivity contribution in [1.29, 1.82) is 0 Å². The number of aromatic nitrogens is 2. The summed E-state index contributed by atoms with van der Waals surface area (Å²) in [7, 11) is -1.75. The van der Waals surface area contributed by atoms with Crippen molar-refractivity contribution in [2.75, 3.05) is 0 Å². The molecule has 2 heterocycles. The fourth-order valence-electron chi connectivity index (χ4n) is 5.50. The quantitative estimate of drug-likeness (QED) is 0.124. The number of hydrogen-bond acceptors (Lipinski definition) is 2. The Balaban J connectivity index is 0.000000175. The van der Waals surface area contributed by atoms with E-state index in [9.17, 15) is 0 Å². The molecule has 0 unspecified atom stereocenters. The Kier molecular flexibility index (Phi) is 18.8. The van der Waals surface area contributed by atoms with Gasteiger partial charge in [-0.3, -0.25) is 9.97 Å². The minimum Gasteiger partial charge on any atom is -0.263 e. The summed E-state index contributed by atoms with van der Waals surface area (Å²) >= 11 is 0. The van der Waals surface area contributed by atoms with Crippen LogP contribution in [0, 0.1) is 24.7 Å². The minimum absolute atomic E-state index is 0. The molecule has 5 heteroatoms. The largest absolute Gasteiger partial charge is 0.263 e. The molecule has 0 amide bonds. The molecule has 0 aliphatic carbocycles.